The first-order valence-corrected chi connectivity index (χ1v) is 14.4. The summed E-state index contributed by atoms with van der Waals surface area (Å²) in [5.41, 5.74) is 7.24. The molecule has 1 N–H and O–H groups in total. The standard InChI is InChI=1S/C34H40N4O3/c1-22-21-33(2,3)38(15-8-9-30(39)35-14-16-37-31(40)12-13-32(37)41)29-20-28-24(18-26(22)29)17-23-10-11-25(36(6)7)19-27(23)34(28,4)5/h10-13,17-21H,8-9,14-16H2,1-7H3/p+1. The zero-order chi connectivity index (χ0) is 29.7. The second-order valence-corrected chi connectivity index (χ2v) is 12.6. The van der Waals surface area contributed by atoms with Crippen molar-refractivity contribution in [2.75, 3.05) is 38.6 Å². The van der Waals surface area contributed by atoms with Gasteiger partial charge in [-0.05, 0) is 64.8 Å². The minimum Gasteiger partial charge on any atom is -0.378 e. The summed E-state index contributed by atoms with van der Waals surface area (Å²) < 4.78 is 2.43. The molecule has 2 aromatic rings. The number of nitrogens with zero attached hydrogens (tertiary/aromatic N) is 3. The summed E-state index contributed by atoms with van der Waals surface area (Å²) in [7, 11) is 4.15. The molecule has 2 aliphatic heterocycles. The number of allylic oxidation sites excluding steroid dienone is 1. The van der Waals surface area contributed by atoms with Crippen LogP contribution in [0.1, 0.15) is 69.7 Å². The first-order chi connectivity index (χ1) is 19.3. The normalized spacial score (nSPS) is 17.9. The molecule has 7 heteroatoms. The molecule has 5 rings (SSSR count). The molecular weight excluding hydrogens is 512 g/mol. The van der Waals surface area contributed by atoms with E-state index in [4.69, 9.17) is 0 Å². The Morgan fingerprint density at radius 1 is 1.00 bits per heavy atom. The van der Waals surface area contributed by atoms with Gasteiger partial charge in [0.05, 0.1) is 0 Å². The fraction of sp³-hybridized carbons (Fsp3) is 0.412. The quantitative estimate of drug-likeness (QED) is 0.403. The number of amides is 3. The van der Waals surface area contributed by atoms with Crippen molar-refractivity contribution in [1.82, 2.24) is 14.8 Å². The van der Waals surface area contributed by atoms with E-state index in [2.05, 4.69) is 106 Å². The third kappa shape index (κ3) is 5.25. The molecule has 3 amide bonds. The van der Waals surface area contributed by atoms with Crippen molar-refractivity contribution in [1.29, 1.82) is 0 Å². The van der Waals surface area contributed by atoms with Crippen molar-refractivity contribution in [3.63, 3.8) is 0 Å². The Kier molecular flexibility index (Phi) is 7.26. The molecule has 0 saturated heterocycles. The lowest BCUT2D eigenvalue weighted by Gasteiger charge is -2.33. The average molecular weight is 554 g/mol. The SMILES string of the molecule is CC1=CC(C)(C)[N+](CCCC(=O)NCCN2C(=O)C=CC2=O)=c2cc3c(cc21)=Cc1ccc(N(C)C)cc1C3(C)C. The van der Waals surface area contributed by atoms with E-state index in [1.54, 1.807) is 0 Å². The molecule has 1 aliphatic carbocycles. The number of anilines is 1. The number of rotatable bonds is 8. The molecule has 3 aliphatic rings. The number of benzene rings is 2. The third-order valence-electron chi connectivity index (χ3n) is 8.70. The largest absolute Gasteiger partial charge is 0.378 e. The van der Waals surface area contributed by atoms with Crippen LogP contribution in [-0.2, 0) is 19.8 Å². The van der Waals surface area contributed by atoms with Gasteiger partial charge in [0.1, 0.15) is 6.54 Å². The van der Waals surface area contributed by atoms with Crippen LogP contribution >= 0.6 is 0 Å². The van der Waals surface area contributed by atoms with Gasteiger partial charge < -0.3 is 10.2 Å². The Labute approximate surface area is 242 Å². The van der Waals surface area contributed by atoms with Gasteiger partial charge in [-0.1, -0.05) is 19.9 Å². The Morgan fingerprint density at radius 3 is 2.39 bits per heavy atom. The number of fused-ring (bicyclic) bond motifs is 3. The first-order valence-electron chi connectivity index (χ1n) is 14.4. The van der Waals surface area contributed by atoms with Gasteiger partial charge in [0, 0.05) is 88.8 Å². The smallest absolute Gasteiger partial charge is 0.253 e. The molecular formula is C34H41N4O3+. The molecule has 0 spiro atoms. The number of carbonyl (C=O) groups is 3. The van der Waals surface area contributed by atoms with Crippen LogP contribution < -0.4 is 25.4 Å². The molecule has 0 bridgehead atoms. The molecule has 0 radical (unpaired) electrons. The summed E-state index contributed by atoms with van der Waals surface area (Å²) >= 11 is 0. The van der Waals surface area contributed by atoms with E-state index in [0.717, 1.165) is 11.4 Å². The molecule has 2 heterocycles. The van der Waals surface area contributed by atoms with Gasteiger partial charge in [-0.3, -0.25) is 19.3 Å². The number of imide groups is 1. The van der Waals surface area contributed by atoms with Crippen molar-refractivity contribution in [3.05, 3.63) is 81.4 Å². The fourth-order valence-electron chi connectivity index (χ4n) is 6.46. The fourth-order valence-corrected chi connectivity index (χ4v) is 6.46. The lowest BCUT2D eigenvalue weighted by Crippen LogP contribution is -2.51. The molecule has 2 aromatic carbocycles. The second-order valence-electron chi connectivity index (χ2n) is 12.6. The number of carbonyl (C=O) groups excluding carboxylic acids is 3. The topological polar surface area (TPSA) is 72.7 Å². The van der Waals surface area contributed by atoms with Gasteiger partial charge in [0.25, 0.3) is 11.8 Å². The Bertz CT molecular complexity index is 1620. The minimum absolute atomic E-state index is 0.0757. The zero-order valence-corrected chi connectivity index (χ0v) is 25.3. The van der Waals surface area contributed by atoms with Crippen LogP contribution in [0.15, 0.2) is 48.6 Å². The van der Waals surface area contributed by atoms with Gasteiger partial charge >= 0.3 is 0 Å². The third-order valence-corrected chi connectivity index (χ3v) is 8.70. The van der Waals surface area contributed by atoms with Crippen molar-refractivity contribution < 1.29 is 14.4 Å². The van der Waals surface area contributed by atoms with E-state index in [0.29, 0.717) is 12.8 Å². The molecule has 0 aromatic heterocycles. The summed E-state index contributed by atoms with van der Waals surface area (Å²) in [6.07, 6.45) is 8.22. The molecule has 0 unspecified atom stereocenters. The minimum atomic E-state index is -0.330. The van der Waals surface area contributed by atoms with Gasteiger partial charge in [0.2, 0.25) is 11.3 Å². The highest BCUT2D eigenvalue weighted by Gasteiger charge is 2.36. The maximum atomic E-state index is 12.6. The zero-order valence-electron chi connectivity index (χ0n) is 25.3. The van der Waals surface area contributed by atoms with Crippen LogP contribution in [0.3, 0.4) is 0 Å². The van der Waals surface area contributed by atoms with E-state index < -0.39 is 0 Å². The summed E-state index contributed by atoms with van der Waals surface area (Å²) in [6.45, 7) is 12.4. The van der Waals surface area contributed by atoms with Gasteiger partial charge in [0.15, 0.2) is 5.54 Å². The highest BCUT2D eigenvalue weighted by molar-refractivity contribution is 6.12. The van der Waals surface area contributed by atoms with Crippen molar-refractivity contribution >= 4 is 35.1 Å². The van der Waals surface area contributed by atoms with Crippen LogP contribution in [0, 0.1) is 0 Å². The molecule has 0 fully saturated rings. The summed E-state index contributed by atoms with van der Waals surface area (Å²) in [5, 5.41) is 5.33. The molecule has 7 nitrogen and oxygen atoms in total. The first kappa shape index (κ1) is 28.5. The van der Waals surface area contributed by atoms with Crippen LogP contribution in [0.2, 0.25) is 0 Å². The van der Waals surface area contributed by atoms with E-state index in [1.165, 1.54) is 56.2 Å². The highest BCUT2D eigenvalue weighted by atomic mass is 16.2. The average Bonchev–Trinajstić information content (AvgIpc) is 3.22. The van der Waals surface area contributed by atoms with E-state index in [9.17, 15) is 14.4 Å². The van der Waals surface area contributed by atoms with Crippen molar-refractivity contribution in [2.45, 2.75) is 58.4 Å². The van der Waals surface area contributed by atoms with Crippen molar-refractivity contribution in [2.24, 2.45) is 0 Å². The monoisotopic (exact) mass is 553 g/mol. The molecule has 0 atom stereocenters. The van der Waals surface area contributed by atoms with Gasteiger partial charge in [-0.15, -0.1) is 0 Å². The number of hydrogen-bond donors (Lipinski definition) is 1. The lowest BCUT2D eigenvalue weighted by atomic mass is 9.71. The van der Waals surface area contributed by atoms with Crippen molar-refractivity contribution in [3.8, 4) is 0 Å². The lowest BCUT2D eigenvalue weighted by molar-refractivity contribution is -0.137. The maximum Gasteiger partial charge on any atom is 0.253 e. The van der Waals surface area contributed by atoms with E-state index in [1.807, 2.05) is 0 Å². The van der Waals surface area contributed by atoms with E-state index >= 15 is 0 Å². The second kappa shape index (κ2) is 10.4. The van der Waals surface area contributed by atoms with Crippen LogP contribution in [0.5, 0.6) is 0 Å². The number of nitrogens with one attached hydrogen (secondary N) is 1. The number of hydrogen-bond acceptors (Lipinski definition) is 4. The Morgan fingerprint density at radius 2 is 1.71 bits per heavy atom. The van der Waals surface area contributed by atoms with E-state index in [-0.39, 0.29) is 41.8 Å². The van der Waals surface area contributed by atoms with Crippen LogP contribution in [0.4, 0.5) is 5.69 Å². The predicted octanol–water partition coefficient (Wildman–Crippen LogP) is 2.73. The highest BCUT2D eigenvalue weighted by Crippen LogP contribution is 2.37. The Hall–Kier alpha value is -4.00. The Balaban J connectivity index is 1.40. The maximum absolute atomic E-state index is 12.6. The van der Waals surface area contributed by atoms with Gasteiger partial charge in [-0.25, -0.2) is 4.58 Å². The summed E-state index contributed by atoms with van der Waals surface area (Å²) in [5.74, 6) is -0.736. The van der Waals surface area contributed by atoms with Crippen LogP contribution in [0.25, 0.3) is 11.6 Å². The molecule has 41 heavy (non-hydrogen) atoms. The van der Waals surface area contributed by atoms with Crippen LogP contribution in [-0.4, -0.2) is 61.9 Å². The van der Waals surface area contributed by atoms with Gasteiger partial charge in [-0.2, -0.15) is 0 Å². The predicted molar refractivity (Wildman–Crippen MR) is 164 cm³/mol. The summed E-state index contributed by atoms with van der Waals surface area (Å²) in [6, 6.07) is 11.4. The molecule has 214 valence electrons. The molecule has 0 saturated carbocycles. The summed E-state index contributed by atoms with van der Waals surface area (Å²) in [4.78, 5) is 39.3.